The summed E-state index contributed by atoms with van der Waals surface area (Å²) in [6.45, 7) is 0.531. The third-order valence-electron chi connectivity index (χ3n) is 6.95. The van der Waals surface area contributed by atoms with Crippen molar-refractivity contribution in [2.75, 3.05) is 20.2 Å². The fraction of sp³-hybridized carbons (Fsp3) is 0.522. The van der Waals surface area contributed by atoms with Crippen LogP contribution < -0.4 is 10.3 Å². The predicted octanol–water partition coefficient (Wildman–Crippen LogP) is 2.51. The van der Waals surface area contributed by atoms with Crippen LogP contribution in [-0.4, -0.2) is 64.3 Å². The van der Waals surface area contributed by atoms with Crippen LogP contribution in [0.3, 0.4) is 0 Å². The third-order valence-corrected chi connectivity index (χ3v) is 8.85. The Kier molecular flexibility index (Phi) is 6.17. The first-order chi connectivity index (χ1) is 16.4. The quantitative estimate of drug-likeness (QED) is 0.502. The van der Waals surface area contributed by atoms with Gasteiger partial charge in [0.2, 0.25) is 10.0 Å². The Hall–Kier alpha value is -2.76. The third kappa shape index (κ3) is 4.12. The number of aromatic nitrogens is 4. The number of rotatable bonds is 5. The van der Waals surface area contributed by atoms with Crippen molar-refractivity contribution in [3.63, 3.8) is 0 Å². The molecule has 182 valence electrons. The molecule has 0 bridgehead atoms. The number of ether oxygens (including phenoxy) is 1. The van der Waals surface area contributed by atoms with Crippen molar-refractivity contribution in [2.24, 2.45) is 0 Å². The van der Waals surface area contributed by atoms with Crippen molar-refractivity contribution in [3.8, 4) is 17.1 Å². The summed E-state index contributed by atoms with van der Waals surface area (Å²) >= 11 is 0. The average molecular weight is 488 g/mol. The molecule has 0 spiro atoms. The molecule has 11 heteroatoms. The van der Waals surface area contributed by atoms with Crippen LogP contribution in [0.25, 0.3) is 22.4 Å². The minimum absolute atomic E-state index is 0.0901. The number of sulfonamides is 1. The normalized spacial score (nSPS) is 19.0. The number of benzene rings is 1. The fourth-order valence-electron chi connectivity index (χ4n) is 5.03. The average Bonchev–Trinajstić information content (AvgIpc) is 3.29. The Balaban J connectivity index is 1.50. The predicted molar refractivity (Wildman–Crippen MR) is 126 cm³/mol. The van der Waals surface area contributed by atoms with Gasteiger partial charge in [-0.1, -0.05) is 19.3 Å². The monoisotopic (exact) mass is 487 g/mol. The molecule has 1 saturated carbocycles. The summed E-state index contributed by atoms with van der Waals surface area (Å²) in [5.41, 5.74) is 1.37. The molecule has 1 aromatic carbocycles. The van der Waals surface area contributed by atoms with Gasteiger partial charge in [0, 0.05) is 25.1 Å². The summed E-state index contributed by atoms with van der Waals surface area (Å²) < 4.78 is 33.0. The smallest absolute Gasteiger partial charge is 0.262 e. The lowest BCUT2D eigenvalue weighted by atomic mass is 9.86. The number of fused-ring (bicyclic) bond motifs is 1. The molecule has 34 heavy (non-hydrogen) atoms. The second-order valence-corrected chi connectivity index (χ2v) is 11.0. The van der Waals surface area contributed by atoms with E-state index in [9.17, 15) is 18.3 Å². The molecule has 5 rings (SSSR count). The van der Waals surface area contributed by atoms with Gasteiger partial charge in [0.05, 0.1) is 29.4 Å². The molecule has 3 N–H and O–H groups in total. The number of methoxy groups -OCH3 is 1. The van der Waals surface area contributed by atoms with E-state index < -0.39 is 16.1 Å². The van der Waals surface area contributed by atoms with E-state index in [1.54, 1.807) is 6.07 Å². The van der Waals surface area contributed by atoms with E-state index in [1.165, 1.54) is 30.0 Å². The molecule has 2 aromatic heterocycles. The summed E-state index contributed by atoms with van der Waals surface area (Å²) in [5, 5.41) is 17.5. The second kappa shape index (κ2) is 9.12. The second-order valence-electron chi connectivity index (χ2n) is 9.08. The van der Waals surface area contributed by atoms with Gasteiger partial charge in [-0.2, -0.15) is 9.40 Å². The lowest BCUT2D eigenvalue weighted by Crippen LogP contribution is -2.39. The molecule has 1 aliphatic carbocycles. The van der Waals surface area contributed by atoms with Crippen LogP contribution in [0, 0.1) is 0 Å². The van der Waals surface area contributed by atoms with Crippen LogP contribution in [-0.2, 0) is 10.0 Å². The van der Waals surface area contributed by atoms with Crippen LogP contribution in [0.5, 0.6) is 5.75 Å². The Bertz CT molecular complexity index is 1350. The maximum Gasteiger partial charge on any atom is 0.262 e. The highest BCUT2D eigenvalue weighted by Gasteiger charge is 2.30. The topological polar surface area (TPSA) is 141 Å². The van der Waals surface area contributed by atoms with Gasteiger partial charge < -0.3 is 14.8 Å². The number of H-pyrrole nitrogens is 2. The van der Waals surface area contributed by atoms with Gasteiger partial charge in [-0.25, -0.2) is 13.4 Å². The zero-order chi connectivity index (χ0) is 23.9. The number of hydrogen-bond acceptors (Lipinski definition) is 7. The van der Waals surface area contributed by atoms with Crippen LogP contribution in [0.4, 0.5) is 0 Å². The van der Waals surface area contributed by atoms with Gasteiger partial charge in [0.25, 0.3) is 5.56 Å². The number of aliphatic hydroxyl groups is 1. The lowest BCUT2D eigenvalue weighted by Gasteiger charge is -2.28. The first-order valence-electron chi connectivity index (χ1n) is 11.7. The first-order valence-corrected chi connectivity index (χ1v) is 13.2. The largest absolute Gasteiger partial charge is 0.496 e. The highest BCUT2D eigenvalue weighted by molar-refractivity contribution is 7.89. The first kappa shape index (κ1) is 23.0. The minimum Gasteiger partial charge on any atom is -0.496 e. The molecule has 1 saturated heterocycles. The van der Waals surface area contributed by atoms with Crippen molar-refractivity contribution in [3.05, 3.63) is 34.2 Å². The van der Waals surface area contributed by atoms with E-state index >= 15 is 0 Å². The van der Waals surface area contributed by atoms with Crippen LogP contribution in [0.1, 0.15) is 56.6 Å². The molecule has 0 amide bonds. The van der Waals surface area contributed by atoms with E-state index in [-0.39, 0.29) is 41.0 Å². The lowest BCUT2D eigenvalue weighted by molar-refractivity contribution is 0.113. The highest BCUT2D eigenvalue weighted by Crippen LogP contribution is 2.35. The van der Waals surface area contributed by atoms with Crippen molar-refractivity contribution < 1.29 is 18.3 Å². The van der Waals surface area contributed by atoms with E-state index in [0.29, 0.717) is 29.4 Å². The molecule has 3 aromatic rings. The number of piperidine rings is 1. The van der Waals surface area contributed by atoms with E-state index in [0.717, 1.165) is 31.4 Å². The van der Waals surface area contributed by atoms with Gasteiger partial charge in [-0.15, -0.1) is 0 Å². The highest BCUT2D eigenvalue weighted by atomic mass is 32.2. The Morgan fingerprint density at radius 1 is 1.12 bits per heavy atom. The number of nitrogens with zero attached hydrogens (tertiary/aromatic N) is 3. The van der Waals surface area contributed by atoms with Crippen molar-refractivity contribution in [2.45, 2.75) is 61.9 Å². The zero-order valence-corrected chi connectivity index (χ0v) is 19.9. The summed E-state index contributed by atoms with van der Waals surface area (Å²) in [7, 11) is -2.29. The molecule has 0 atom stereocenters. The zero-order valence-electron chi connectivity index (χ0n) is 19.1. The van der Waals surface area contributed by atoms with Crippen molar-refractivity contribution in [1.29, 1.82) is 0 Å². The van der Waals surface area contributed by atoms with Gasteiger partial charge >= 0.3 is 0 Å². The molecule has 0 radical (unpaired) electrons. The Morgan fingerprint density at radius 2 is 1.85 bits per heavy atom. The van der Waals surface area contributed by atoms with E-state index in [4.69, 9.17) is 4.74 Å². The van der Waals surface area contributed by atoms with Gasteiger partial charge in [0.15, 0.2) is 5.65 Å². The standard InChI is InChI=1S/C23H29N5O5S/c1-33-18-13-16(34(31,32)28-11-9-15(29)10-12-28)7-8-17(18)21-24-22-19(23(30)25-21)20(26-27-22)14-5-3-2-4-6-14/h7-8,13-15,29H,2-6,9-12H2,1H3,(H2,24,25,26,27,30). The van der Waals surface area contributed by atoms with Crippen LogP contribution in [0.15, 0.2) is 27.9 Å². The van der Waals surface area contributed by atoms with Crippen molar-refractivity contribution in [1.82, 2.24) is 24.5 Å². The molecular weight excluding hydrogens is 458 g/mol. The number of aromatic amines is 2. The summed E-state index contributed by atoms with van der Waals surface area (Å²) in [6.07, 6.45) is 5.89. The van der Waals surface area contributed by atoms with E-state index in [2.05, 4.69) is 20.2 Å². The number of aliphatic hydroxyl groups excluding tert-OH is 1. The molecule has 3 heterocycles. The molecule has 10 nitrogen and oxygen atoms in total. The van der Waals surface area contributed by atoms with Gasteiger partial charge in [-0.05, 0) is 37.8 Å². The molecule has 0 unspecified atom stereocenters. The maximum absolute atomic E-state index is 13.1. The molecule has 1 aliphatic heterocycles. The SMILES string of the molecule is COc1cc(S(=O)(=O)N2CCC(O)CC2)ccc1-c1nc2n[nH]c(C3CCCCC3)c2c(=O)[nH]1. The molecular formula is C23H29N5O5S. The summed E-state index contributed by atoms with van der Waals surface area (Å²) in [6, 6.07) is 4.52. The van der Waals surface area contributed by atoms with Crippen LogP contribution in [0.2, 0.25) is 0 Å². The molecule has 2 fully saturated rings. The van der Waals surface area contributed by atoms with Crippen LogP contribution >= 0.6 is 0 Å². The minimum atomic E-state index is -3.74. The van der Waals surface area contributed by atoms with Crippen molar-refractivity contribution >= 4 is 21.1 Å². The van der Waals surface area contributed by atoms with Gasteiger partial charge in [-0.3, -0.25) is 9.89 Å². The van der Waals surface area contributed by atoms with E-state index in [1.807, 2.05) is 0 Å². The maximum atomic E-state index is 13.1. The fourth-order valence-corrected chi connectivity index (χ4v) is 6.51. The van der Waals surface area contributed by atoms with Gasteiger partial charge in [0.1, 0.15) is 17.0 Å². The Morgan fingerprint density at radius 3 is 2.56 bits per heavy atom. The number of nitrogens with one attached hydrogen (secondary N) is 2. The summed E-state index contributed by atoms with van der Waals surface area (Å²) in [5.74, 6) is 0.826. The number of hydrogen-bond donors (Lipinski definition) is 3. The molecule has 2 aliphatic rings. The Labute approximate surface area is 197 Å². The summed E-state index contributed by atoms with van der Waals surface area (Å²) in [4.78, 5) is 20.5.